The fraction of sp³-hybridized carbons (Fsp3) is 0.417. The Morgan fingerprint density at radius 1 is 1.20 bits per heavy atom. The Labute approximate surface area is 89.4 Å². The minimum absolute atomic E-state index is 0.211. The van der Waals surface area contributed by atoms with Crippen LogP contribution in [0.15, 0.2) is 29.4 Å². The molecule has 80 valence electrons. The zero-order valence-corrected chi connectivity index (χ0v) is 8.69. The average Bonchev–Trinajstić information content (AvgIpc) is 2.28. The molecule has 2 rings (SSSR count). The second kappa shape index (κ2) is 4.91. The van der Waals surface area contributed by atoms with E-state index in [1.165, 1.54) is 31.4 Å². The van der Waals surface area contributed by atoms with E-state index in [1.807, 2.05) is 6.07 Å². The second-order valence-electron chi connectivity index (χ2n) is 3.81. The Bertz CT molecular complexity index is 343. The number of benzene rings is 1. The number of piperidine rings is 1. The highest BCUT2D eigenvalue weighted by Crippen LogP contribution is 2.09. The minimum Gasteiger partial charge on any atom is -0.297 e. The predicted octanol–water partition coefficient (Wildman–Crippen LogP) is 2.65. The van der Waals surface area contributed by atoms with E-state index in [0.29, 0.717) is 0 Å². The Hall–Kier alpha value is -1.38. The highest BCUT2D eigenvalue weighted by Gasteiger charge is 2.05. The monoisotopic (exact) mass is 206 g/mol. The van der Waals surface area contributed by atoms with Crippen LogP contribution in [0.25, 0.3) is 0 Å². The summed E-state index contributed by atoms with van der Waals surface area (Å²) in [7, 11) is 0. The third kappa shape index (κ3) is 3.05. The third-order valence-corrected chi connectivity index (χ3v) is 2.55. The van der Waals surface area contributed by atoms with Crippen LogP contribution in [-0.2, 0) is 0 Å². The lowest BCUT2D eigenvalue weighted by atomic mass is 10.2. The van der Waals surface area contributed by atoms with Gasteiger partial charge in [0.05, 0.1) is 6.21 Å². The highest BCUT2D eigenvalue weighted by molar-refractivity contribution is 5.79. The van der Waals surface area contributed by atoms with Crippen molar-refractivity contribution < 1.29 is 4.39 Å². The molecule has 0 atom stereocenters. The van der Waals surface area contributed by atoms with Gasteiger partial charge in [0.25, 0.3) is 0 Å². The molecule has 0 amide bonds. The first-order valence-electron chi connectivity index (χ1n) is 5.39. The SMILES string of the molecule is Fc1cccc(C=NN2CCCCC2)c1. The van der Waals surface area contributed by atoms with Gasteiger partial charge in [-0.25, -0.2) is 4.39 Å². The molecule has 15 heavy (non-hydrogen) atoms. The van der Waals surface area contributed by atoms with E-state index >= 15 is 0 Å². The summed E-state index contributed by atoms with van der Waals surface area (Å²) in [6.45, 7) is 2.04. The first-order valence-corrected chi connectivity index (χ1v) is 5.39. The van der Waals surface area contributed by atoms with Crippen LogP contribution < -0.4 is 0 Å². The van der Waals surface area contributed by atoms with Gasteiger partial charge in [0.15, 0.2) is 0 Å². The average molecular weight is 206 g/mol. The molecule has 0 radical (unpaired) electrons. The number of hydrogen-bond acceptors (Lipinski definition) is 2. The summed E-state index contributed by atoms with van der Waals surface area (Å²) in [4.78, 5) is 0. The van der Waals surface area contributed by atoms with Crippen molar-refractivity contribution in [2.24, 2.45) is 5.10 Å². The van der Waals surface area contributed by atoms with Crippen LogP contribution in [0.2, 0.25) is 0 Å². The molecule has 1 saturated heterocycles. The van der Waals surface area contributed by atoms with Gasteiger partial charge < -0.3 is 0 Å². The summed E-state index contributed by atoms with van der Waals surface area (Å²) in [5.74, 6) is -0.211. The third-order valence-electron chi connectivity index (χ3n) is 2.55. The minimum atomic E-state index is -0.211. The normalized spacial score (nSPS) is 17.3. The zero-order valence-electron chi connectivity index (χ0n) is 8.69. The smallest absolute Gasteiger partial charge is 0.123 e. The quantitative estimate of drug-likeness (QED) is 0.679. The molecular weight excluding hydrogens is 191 g/mol. The fourth-order valence-electron chi connectivity index (χ4n) is 1.73. The Balaban J connectivity index is 1.97. The zero-order chi connectivity index (χ0) is 10.5. The Kier molecular flexibility index (Phi) is 3.33. The van der Waals surface area contributed by atoms with Crippen LogP contribution in [0.4, 0.5) is 4.39 Å². The summed E-state index contributed by atoms with van der Waals surface area (Å²) in [5, 5.41) is 6.39. The van der Waals surface area contributed by atoms with E-state index in [9.17, 15) is 4.39 Å². The maximum Gasteiger partial charge on any atom is 0.123 e. The molecule has 0 saturated carbocycles. The first-order chi connectivity index (χ1) is 7.34. The van der Waals surface area contributed by atoms with Crippen molar-refractivity contribution in [1.29, 1.82) is 0 Å². The molecule has 0 spiro atoms. The van der Waals surface area contributed by atoms with Gasteiger partial charge in [0, 0.05) is 13.1 Å². The van der Waals surface area contributed by atoms with Crippen molar-refractivity contribution in [3.63, 3.8) is 0 Å². The number of nitrogens with zero attached hydrogens (tertiary/aromatic N) is 2. The van der Waals surface area contributed by atoms with Crippen LogP contribution in [0.3, 0.4) is 0 Å². The van der Waals surface area contributed by atoms with E-state index in [1.54, 1.807) is 12.3 Å². The van der Waals surface area contributed by atoms with Gasteiger partial charge in [-0.1, -0.05) is 12.1 Å². The molecule has 0 N–H and O–H groups in total. The van der Waals surface area contributed by atoms with Crippen molar-refractivity contribution >= 4 is 6.21 Å². The standard InChI is InChI=1S/C12H15FN2/c13-12-6-4-5-11(9-12)10-14-15-7-2-1-3-8-15/h4-6,9-10H,1-3,7-8H2. The van der Waals surface area contributed by atoms with Crippen molar-refractivity contribution in [2.45, 2.75) is 19.3 Å². The summed E-state index contributed by atoms with van der Waals surface area (Å²) >= 11 is 0. The molecule has 1 fully saturated rings. The summed E-state index contributed by atoms with van der Waals surface area (Å²) in [6, 6.07) is 6.50. The molecule has 0 bridgehead atoms. The van der Waals surface area contributed by atoms with Gasteiger partial charge >= 0.3 is 0 Å². The molecular formula is C12H15FN2. The lowest BCUT2D eigenvalue weighted by Gasteiger charge is -2.23. The summed E-state index contributed by atoms with van der Waals surface area (Å²) in [6.07, 6.45) is 5.45. The van der Waals surface area contributed by atoms with Gasteiger partial charge in [-0.15, -0.1) is 0 Å². The van der Waals surface area contributed by atoms with Crippen molar-refractivity contribution in [3.05, 3.63) is 35.6 Å². The van der Waals surface area contributed by atoms with Crippen LogP contribution in [0, 0.1) is 5.82 Å². The van der Waals surface area contributed by atoms with Crippen molar-refractivity contribution in [2.75, 3.05) is 13.1 Å². The Morgan fingerprint density at radius 3 is 2.73 bits per heavy atom. The van der Waals surface area contributed by atoms with Crippen LogP contribution in [-0.4, -0.2) is 24.3 Å². The van der Waals surface area contributed by atoms with Crippen LogP contribution in [0.5, 0.6) is 0 Å². The number of hydrazone groups is 1. The van der Waals surface area contributed by atoms with Gasteiger partial charge in [-0.05, 0) is 37.0 Å². The van der Waals surface area contributed by atoms with Gasteiger partial charge in [-0.2, -0.15) is 5.10 Å². The second-order valence-corrected chi connectivity index (χ2v) is 3.81. The van der Waals surface area contributed by atoms with E-state index in [0.717, 1.165) is 18.7 Å². The number of hydrogen-bond donors (Lipinski definition) is 0. The lowest BCUT2D eigenvalue weighted by Crippen LogP contribution is -2.24. The van der Waals surface area contributed by atoms with Crippen molar-refractivity contribution in [3.8, 4) is 0 Å². The summed E-state index contributed by atoms with van der Waals surface area (Å²) < 4.78 is 12.9. The molecule has 1 aromatic rings. The maximum atomic E-state index is 12.9. The Morgan fingerprint density at radius 2 is 2.00 bits per heavy atom. The summed E-state index contributed by atoms with van der Waals surface area (Å²) in [5.41, 5.74) is 0.820. The molecule has 1 aliphatic heterocycles. The van der Waals surface area contributed by atoms with Crippen LogP contribution in [0.1, 0.15) is 24.8 Å². The van der Waals surface area contributed by atoms with Crippen molar-refractivity contribution in [1.82, 2.24) is 5.01 Å². The van der Waals surface area contributed by atoms with E-state index in [-0.39, 0.29) is 5.82 Å². The maximum absolute atomic E-state index is 12.9. The first kappa shape index (κ1) is 10.1. The van der Waals surface area contributed by atoms with Gasteiger partial charge in [0.1, 0.15) is 5.82 Å². The molecule has 0 aromatic heterocycles. The highest BCUT2D eigenvalue weighted by atomic mass is 19.1. The van der Waals surface area contributed by atoms with Gasteiger partial charge in [0.2, 0.25) is 0 Å². The predicted molar refractivity (Wildman–Crippen MR) is 59.4 cm³/mol. The van der Waals surface area contributed by atoms with Crippen LogP contribution >= 0.6 is 0 Å². The molecule has 2 nitrogen and oxygen atoms in total. The molecule has 1 heterocycles. The van der Waals surface area contributed by atoms with E-state index in [2.05, 4.69) is 10.1 Å². The molecule has 0 aliphatic carbocycles. The molecule has 3 heteroatoms. The topological polar surface area (TPSA) is 15.6 Å². The number of halogens is 1. The molecule has 1 aromatic carbocycles. The molecule has 0 unspecified atom stereocenters. The van der Waals surface area contributed by atoms with Gasteiger partial charge in [-0.3, -0.25) is 5.01 Å². The lowest BCUT2D eigenvalue weighted by molar-refractivity contribution is 0.240. The molecule has 1 aliphatic rings. The largest absolute Gasteiger partial charge is 0.297 e. The van der Waals surface area contributed by atoms with E-state index < -0.39 is 0 Å². The fourth-order valence-corrected chi connectivity index (χ4v) is 1.73. The van der Waals surface area contributed by atoms with E-state index in [4.69, 9.17) is 0 Å². The number of rotatable bonds is 2.